The number of allylic oxidation sites excluding steroid dienone is 1. The molecule has 1 aromatic rings. The van der Waals surface area contributed by atoms with E-state index in [2.05, 4.69) is 19.9 Å². The van der Waals surface area contributed by atoms with E-state index < -0.39 is 16.6 Å². The van der Waals surface area contributed by atoms with Crippen molar-refractivity contribution >= 4 is 0 Å². The van der Waals surface area contributed by atoms with Gasteiger partial charge in [-0.25, -0.2) is 0 Å². The van der Waals surface area contributed by atoms with Crippen molar-refractivity contribution < 1.29 is 20.1 Å². The van der Waals surface area contributed by atoms with Crippen LogP contribution in [-0.2, 0) is 5.60 Å². The number of hydrogen-bond acceptors (Lipinski definition) is 4. The number of aliphatic hydroxyl groups excluding tert-OH is 1. The van der Waals surface area contributed by atoms with Crippen LogP contribution in [0.1, 0.15) is 70.8 Å². The van der Waals surface area contributed by atoms with Crippen LogP contribution in [0.4, 0.5) is 0 Å². The van der Waals surface area contributed by atoms with E-state index in [-0.39, 0.29) is 17.4 Å². The van der Waals surface area contributed by atoms with Crippen molar-refractivity contribution in [3.63, 3.8) is 0 Å². The number of rotatable bonds is 2. The van der Waals surface area contributed by atoms with Gasteiger partial charge in [0.15, 0.2) is 0 Å². The average molecular weight is 413 g/mol. The van der Waals surface area contributed by atoms with E-state index in [9.17, 15) is 15.3 Å². The highest BCUT2D eigenvalue weighted by Crippen LogP contribution is 2.71. The maximum atomic E-state index is 12.3. The first-order valence-electron chi connectivity index (χ1n) is 11.7. The van der Waals surface area contributed by atoms with Crippen LogP contribution in [0, 0.1) is 22.7 Å². The smallest absolute Gasteiger partial charge is 0.118 e. The monoisotopic (exact) mass is 412 g/mol. The van der Waals surface area contributed by atoms with Crippen molar-refractivity contribution in [3.8, 4) is 5.75 Å². The molecule has 5 rings (SSSR count). The molecule has 0 amide bonds. The molecule has 3 N–H and O–H groups in total. The summed E-state index contributed by atoms with van der Waals surface area (Å²) in [6.07, 6.45) is 8.57. The number of hydrogen-bond donors (Lipinski definition) is 3. The normalized spacial score (nSPS) is 47.7. The lowest BCUT2D eigenvalue weighted by Gasteiger charge is -2.62. The van der Waals surface area contributed by atoms with Gasteiger partial charge >= 0.3 is 0 Å². The zero-order valence-electron chi connectivity index (χ0n) is 18.5. The lowest BCUT2D eigenvalue weighted by molar-refractivity contribution is -0.221. The van der Waals surface area contributed by atoms with Gasteiger partial charge in [0.1, 0.15) is 5.75 Å². The van der Waals surface area contributed by atoms with Crippen molar-refractivity contribution in [2.75, 3.05) is 7.11 Å². The van der Waals surface area contributed by atoms with Crippen molar-refractivity contribution in [1.82, 2.24) is 0 Å². The standard InChI is InChI=1S/C26H36O4/c1-23-12-10-19(27)16-18(23)6-9-22-21(23)11-13-24(2)25(28,14-15-26(22,24)29)17-4-7-20(30-3)8-5-17/h4-5,7-8,16,19,21-22,27-29H,6,9-15H2,1-3H3/t19?,21-,22-,23+,24-,25?,26-/m1/s1. The Morgan fingerprint density at radius 3 is 2.33 bits per heavy atom. The Kier molecular flexibility index (Phi) is 4.50. The minimum Gasteiger partial charge on any atom is -0.497 e. The quantitative estimate of drug-likeness (QED) is 0.633. The SMILES string of the molecule is COc1ccc(C2(O)CC[C@@]3(O)[C@@H]4CCC5=CC(O)CC[C@]5(C)[C@@H]4CC[C@]23C)cc1. The summed E-state index contributed by atoms with van der Waals surface area (Å²) >= 11 is 0. The number of fused-ring (bicyclic) bond motifs is 5. The minimum absolute atomic E-state index is 0.0695. The lowest BCUT2D eigenvalue weighted by atomic mass is 9.44. The summed E-state index contributed by atoms with van der Waals surface area (Å²) in [6, 6.07) is 7.75. The average Bonchev–Trinajstić information content (AvgIpc) is 2.96. The van der Waals surface area contributed by atoms with Gasteiger partial charge in [-0.3, -0.25) is 0 Å². The number of ether oxygens (including phenoxy) is 1. The van der Waals surface area contributed by atoms with Gasteiger partial charge in [-0.05, 0) is 86.3 Å². The summed E-state index contributed by atoms with van der Waals surface area (Å²) in [5, 5.41) is 34.5. The molecule has 0 heterocycles. The van der Waals surface area contributed by atoms with Crippen molar-refractivity contribution in [2.24, 2.45) is 22.7 Å². The Balaban J connectivity index is 1.52. The van der Waals surface area contributed by atoms with Gasteiger partial charge in [-0.2, -0.15) is 0 Å². The summed E-state index contributed by atoms with van der Waals surface area (Å²) in [5.74, 6) is 1.39. The summed E-state index contributed by atoms with van der Waals surface area (Å²) in [5.41, 5.74) is -0.100. The molecule has 3 saturated carbocycles. The van der Waals surface area contributed by atoms with Gasteiger partial charge in [0.25, 0.3) is 0 Å². The van der Waals surface area contributed by atoms with Crippen LogP contribution in [0.5, 0.6) is 5.75 Å². The van der Waals surface area contributed by atoms with Gasteiger partial charge in [0, 0.05) is 5.41 Å². The van der Waals surface area contributed by atoms with E-state index in [0.717, 1.165) is 49.8 Å². The summed E-state index contributed by atoms with van der Waals surface area (Å²) in [7, 11) is 1.65. The predicted octanol–water partition coefficient (Wildman–Crippen LogP) is 4.32. The molecule has 0 spiro atoms. The highest BCUT2D eigenvalue weighted by atomic mass is 16.5. The fourth-order valence-electron chi connectivity index (χ4n) is 8.03. The van der Waals surface area contributed by atoms with Gasteiger partial charge in [0.2, 0.25) is 0 Å². The van der Waals surface area contributed by atoms with E-state index in [1.807, 2.05) is 24.3 Å². The third-order valence-corrected chi connectivity index (χ3v) is 9.99. The Bertz CT molecular complexity index is 862. The zero-order valence-corrected chi connectivity index (χ0v) is 18.5. The number of methoxy groups -OCH3 is 1. The lowest BCUT2D eigenvalue weighted by Crippen LogP contribution is -2.63. The zero-order chi connectivity index (χ0) is 21.4. The molecule has 4 nitrogen and oxygen atoms in total. The summed E-state index contributed by atoms with van der Waals surface area (Å²) < 4.78 is 5.30. The topological polar surface area (TPSA) is 69.9 Å². The van der Waals surface area contributed by atoms with Crippen LogP contribution in [0.3, 0.4) is 0 Å². The molecule has 164 valence electrons. The second kappa shape index (κ2) is 6.57. The maximum absolute atomic E-state index is 12.3. The Morgan fingerprint density at radius 1 is 0.900 bits per heavy atom. The summed E-state index contributed by atoms with van der Waals surface area (Å²) in [4.78, 5) is 0. The molecule has 30 heavy (non-hydrogen) atoms. The molecule has 4 aliphatic rings. The molecule has 2 unspecified atom stereocenters. The van der Waals surface area contributed by atoms with E-state index in [1.54, 1.807) is 7.11 Å². The van der Waals surface area contributed by atoms with Gasteiger partial charge in [-0.1, -0.05) is 37.6 Å². The predicted molar refractivity (Wildman–Crippen MR) is 116 cm³/mol. The molecule has 0 bridgehead atoms. The molecule has 3 fully saturated rings. The molecule has 0 radical (unpaired) electrons. The van der Waals surface area contributed by atoms with Gasteiger partial charge in [0.05, 0.1) is 24.4 Å². The highest BCUT2D eigenvalue weighted by Gasteiger charge is 2.71. The maximum Gasteiger partial charge on any atom is 0.118 e. The molecule has 0 aromatic heterocycles. The van der Waals surface area contributed by atoms with Crippen LogP contribution in [-0.4, -0.2) is 34.1 Å². The largest absolute Gasteiger partial charge is 0.497 e. The molecule has 0 saturated heterocycles. The van der Waals surface area contributed by atoms with Crippen LogP contribution in [0.15, 0.2) is 35.9 Å². The van der Waals surface area contributed by atoms with Crippen molar-refractivity contribution in [3.05, 3.63) is 41.5 Å². The molecule has 7 atom stereocenters. The van der Waals surface area contributed by atoms with Crippen LogP contribution >= 0.6 is 0 Å². The van der Waals surface area contributed by atoms with Gasteiger partial charge in [-0.15, -0.1) is 0 Å². The number of aliphatic hydroxyl groups is 3. The van der Waals surface area contributed by atoms with E-state index in [1.165, 1.54) is 5.57 Å². The van der Waals surface area contributed by atoms with E-state index in [0.29, 0.717) is 18.8 Å². The third kappa shape index (κ3) is 2.44. The molecule has 4 aliphatic carbocycles. The second-order valence-corrected chi connectivity index (χ2v) is 10.9. The Hall–Kier alpha value is -1.36. The molecular weight excluding hydrogens is 376 g/mol. The van der Waals surface area contributed by atoms with Gasteiger partial charge < -0.3 is 20.1 Å². The highest BCUT2D eigenvalue weighted by molar-refractivity contribution is 5.37. The number of benzene rings is 1. The van der Waals surface area contributed by atoms with Crippen LogP contribution in [0.25, 0.3) is 0 Å². The van der Waals surface area contributed by atoms with E-state index >= 15 is 0 Å². The Morgan fingerprint density at radius 2 is 1.63 bits per heavy atom. The van der Waals surface area contributed by atoms with Crippen LogP contribution < -0.4 is 4.74 Å². The Labute approximate surface area is 180 Å². The van der Waals surface area contributed by atoms with E-state index in [4.69, 9.17) is 4.74 Å². The second-order valence-electron chi connectivity index (χ2n) is 10.9. The van der Waals surface area contributed by atoms with Crippen LogP contribution in [0.2, 0.25) is 0 Å². The molecule has 4 heteroatoms. The summed E-state index contributed by atoms with van der Waals surface area (Å²) in [6.45, 7) is 4.48. The molecule has 1 aromatic carbocycles. The minimum atomic E-state index is -1.03. The molecular formula is C26H36O4. The first kappa shape index (κ1) is 20.5. The third-order valence-electron chi connectivity index (χ3n) is 9.99. The first-order valence-corrected chi connectivity index (χ1v) is 11.7. The fourth-order valence-corrected chi connectivity index (χ4v) is 8.03. The first-order chi connectivity index (χ1) is 14.2. The van der Waals surface area contributed by atoms with Crippen molar-refractivity contribution in [2.45, 2.75) is 82.5 Å². The fraction of sp³-hybridized carbons (Fsp3) is 0.692. The van der Waals surface area contributed by atoms with Crippen molar-refractivity contribution in [1.29, 1.82) is 0 Å². The molecule has 0 aliphatic heterocycles.